The molecule has 1 amide bonds. The number of aromatic nitrogens is 4. The molecule has 0 radical (unpaired) electrons. The number of carbonyl (C=O) groups excluding carboxylic acids is 1. The molecule has 0 bridgehead atoms. The summed E-state index contributed by atoms with van der Waals surface area (Å²) in [6.45, 7) is 1.68. The van der Waals surface area contributed by atoms with E-state index in [9.17, 15) is 14.0 Å². The summed E-state index contributed by atoms with van der Waals surface area (Å²) in [5, 5.41) is 3.05. The van der Waals surface area contributed by atoms with Crippen LogP contribution in [0.25, 0.3) is 11.2 Å². The molecule has 0 spiro atoms. The molecule has 0 saturated heterocycles. The van der Waals surface area contributed by atoms with E-state index in [1.54, 1.807) is 18.5 Å². The molecule has 25 heavy (non-hydrogen) atoms. The number of halogens is 2. The molecule has 2 heterocycles. The minimum atomic E-state index is -0.554. The number of amides is 1. The number of fused-ring (bicyclic) bond motifs is 1. The van der Waals surface area contributed by atoms with Crippen molar-refractivity contribution in [2.24, 2.45) is 7.05 Å². The maximum Gasteiger partial charge on any atom is 0.279 e. The number of anilines is 1. The molecule has 3 aromatic rings. The first kappa shape index (κ1) is 17.4. The van der Waals surface area contributed by atoms with Gasteiger partial charge in [0.1, 0.15) is 11.6 Å². The van der Waals surface area contributed by atoms with Crippen molar-refractivity contribution in [3.05, 3.63) is 45.2 Å². The monoisotopic (exact) mass is 381 g/mol. The van der Waals surface area contributed by atoms with Gasteiger partial charge in [-0.25, -0.2) is 14.4 Å². The van der Waals surface area contributed by atoms with E-state index in [0.717, 1.165) is 11.8 Å². The molecule has 0 fully saturated rings. The Morgan fingerprint density at radius 2 is 2.20 bits per heavy atom. The number of hydrogen-bond acceptors (Lipinski definition) is 5. The quantitative estimate of drug-likeness (QED) is 0.677. The third-order valence-corrected chi connectivity index (χ3v) is 4.66. The molecule has 2 N–H and O–H groups in total. The molecule has 3 rings (SSSR count). The van der Waals surface area contributed by atoms with Crippen molar-refractivity contribution in [3.63, 3.8) is 0 Å². The Morgan fingerprint density at radius 3 is 2.92 bits per heavy atom. The van der Waals surface area contributed by atoms with Gasteiger partial charge in [0.25, 0.3) is 5.56 Å². The first-order valence-corrected chi connectivity index (χ1v) is 8.52. The van der Waals surface area contributed by atoms with Gasteiger partial charge in [0, 0.05) is 12.7 Å². The number of hydrogen-bond donors (Lipinski definition) is 2. The fraction of sp³-hybridized carbons (Fsp3) is 0.200. The summed E-state index contributed by atoms with van der Waals surface area (Å²) < 4.78 is 14.8. The maximum atomic E-state index is 13.1. The minimum absolute atomic E-state index is 0.0586. The van der Waals surface area contributed by atoms with Crippen LogP contribution >= 0.6 is 23.4 Å². The summed E-state index contributed by atoms with van der Waals surface area (Å²) in [5.74, 6) is -0.314. The van der Waals surface area contributed by atoms with Crippen LogP contribution < -0.4 is 10.9 Å². The number of H-pyrrole nitrogens is 1. The van der Waals surface area contributed by atoms with Gasteiger partial charge in [0.2, 0.25) is 5.91 Å². The summed E-state index contributed by atoms with van der Waals surface area (Å²) in [5.41, 5.74) is 0.752. The van der Waals surface area contributed by atoms with Crippen LogP contribution in [0.1, 0.15) is 5.82 Å². The molecule has 1 aromatic carbocycles. The summed E-state index contributed by atoms with van der Waals surface area (Å²) in [4.78, 5) is 35.0. The van der Waals surface area contributed by atoms with Crippen molar-refractivity contribution < 1.29 is 9.18 Å². The predicted octanol–water partition coefficient (Wildman–Crippen LogP) is 2.49. The molecule has 2 aromatic heterocycles. The van der Waals surface area contributed by atoms with Crippen molar-refractivity contribution in [2.45, 2.75) is 12.1 Å². The van der Waals surface area contributed by atoms with Crippen molar-refractivity contribution >= 4 is 46.1 Å². The van der Waals surface area contributed by atoms with Gasteiger partial charge in [-0.05, 0) is 25.1 Å². The highest BCUT2D eigenvalue weighted by Gasteiger charge is 2.15. The maximum absolute atomic E-state index is 13.1. The number of rotatable bonds is 4. The Balaban J connectivity index is 1.73. The second-order valence-corrected chi connectivity index (χ2v) is 6.59. The Hall–Kier alpha value is -2.39. The third-order valence-electron chi connectivity index (χ3n) is 3.34. The number of aryl methyl sites for hydroxylation is 2. The van der Waals surface area contributed by atoms with Gasteiger partial charge in [0.05, 0.1) is 10.8 Å². The number of imidazole rings is 1. The summed E-state index contributed by atoms with van der Waals surface area (Å²) in [6.07, 6.45) is 0. The number of nitrogens with one attached hydrogen (secondary N) is 2. The van der Waals surface area contributed by atoms with Gasteiger partial charge in [-0.3, -0.25) is 9.59 Å². The molecule has 0 atom stereocenters. The van der Waals surface area contributed by atoms with Crippen LogP contribution in [-0.2, 0) is 11.8 Å². The van der Waals surface area contributed by atoms with E-state index in [0.29, 0.717) is 22.3 Å². The molecule has 0 saturated carbocycles. The molecule has 130 valence electrons. The van der Waals surface area contributed by atoms with E-state index in [1.807, 2.05) is 0 Å². The lowest BCUT2D eigenvalue weighted by molar-refractivity contribution is -0.113. The molecule has 0 aliphatic heterocycles. The van der Waals surface area contributed by atoms with Crippen LogP contribution in [-0.4, -0.2) is 31.2 Å². The number of nitrogens with zero attached hydrogens (tertiary/aromatic N) is 3. The normalized spacial score (nSPS) is 11.0. The lowest BCUT2D eigenvalue weighted by atomic mass is 10.3. The molecular weight excluding hydrogens is 369 g/mol. The van der Waals surface area contributed by atoms with Crippen LogP contribution in [0.3, 0.4) is 0 Å². The molecule has 10 heteroatoms. The van der Waals surface area contributed by atoms with Crippen molar-refractivity contribution in [2.75, 3.05) is 11.1 Å². The Morgan fingerprint density at radius 1 is 1.44 bits per heavy atom. The molecule has 0 unspecified atom stereocenters. The molecule has 7 nitrogen and oxygen atoms in total. The highest BCUT2D eigenvalue weighted by atomic mass is 35.5. The number of carbonyl (C=O) groups is 1. The average Bonchev–Trinajstić information content (AvgIpc) is 2.86. The third kappa shape index (κ3) is 3.67. The SMILES string of the molecule is Cc1nc2c(nc(SCC(=O)Nc3ccc(F)c(Cl)c3)n2C)c(=O)[nH]1. The summed E-state index contributed by atoms with van der Waals surface area (Å²) in [7, 11) is 1.72. The second-order valence-electron chi connectivity index (χ2n) is 5.24. The van der Waals surface area contributed by atoms with E-state index >= 15 is 0 Å². The average molecular weight is 382 g/mol. The zero-order valence-electron chi connectivity index (χ0n) is 13.3. The van der Waals surface area contributed by atoms with Gasteiger partial charge in [-0.1, -0.05) is 23.4 Å². The number of thioether (sulfide) groups is 1. The highest BCUT2D eigenvalue weighted by molar-refractivity contribution is 7.99. The lowest BCUT2D eigenvalue weighted by Crippen LogP contribution is -2.14. The smallest absolute Gasteiger partial charge is 0.279 e. The molecular formula is C15H13ClFN5O2S. The zero-order valence-corrected chi connectivity index (χ0v) is 14.8. The largest absolute Gasteiger partial charge is 0.325 e. The molecule has 0 aliphatic carbocycles. The Bertz CT molecular complexity index is 1030. The van der Waals surface area contributed by atoms with Gasteiger partial charge in [-0.2, -0.15) is 0 Å². The van der Waals surface area contributed by atoms with E-state index in [4.69, 9.17) is 11.6 Å². The van der Waals surface area contributed by atoms with Crippen molar-refractivity contribution in [1.29, 1.82) is 0 Å². The zero-order chi connectivity index (χ0) is 18.1. The van der Waals surface area contributed by atoms with Crippen LogP contribution in [0, 0.1) is 12.7 Å². The van der Waals surface area contributed by atoms with E-state index in [1.165, 1.54) is 18.2 Å². The first-order valence-electron chi connectivity index (χ1n) is 7.16. The van der Waals surface area contributed by atoms with Crippen molar-refractivity contribution in [3.8, 4) is 0 Å². The Kier molecular flexibility index (Phi) is 4.78. The first-order chi connectivity index (χ1) is 11.8. The van der Waals surface area contributed by atoms with Gasteiger partial charge >= 0.3 is 0 Å². The van der Waals surface area contributed by atoms with Crippen molar-refractivity contribution in [1.82, 2.24) is 19.5 Å². The highest BCUT2D eigenvalue weighted by Crippen LogP contribution is 2.22. The second kappa shape index (κ2) is 6.85. The van der Waals surface area contributed by atoms with Crippen LogP contribution in [0.4, 0.5) is 10.1 Å². The Labute approximate surface area is 150 Å². The van der Waals surface area contributed by atoms with Gasteiger partial charge in [0.15, 0.2) is 16.3 Å². The standard InChI is InChI=1S/C15H13ClFN5O2S/c1-7-18-13-12(14(24)19-7)21-15(22(13)2)25-6-11(23)20-8-3-4-10(17)9(16)5-8/h3-5H,6H2,1-2H3,(H,20,23)(H,18,19,24). The van der Waals surface area contributed by atoms with E-state index in [-0.39, 0.29) is 27.8 Å². The lowest BCUT2D eigenvalue weighted by Gasteiger charge is -2.06. The minimum Gasteiger partial charge on any atom is -0.325 e. The number of aromatic amines is 1. The van der Waals surface area contributed by atoms with Crippen LogP contribution in [0.2, 0.25) is 5.02 Å². The fourth-order valence-electron chi connectivity index (χ4n) is 2.19. The fourth-order valence-corrected chi connectivity index (χ4v) is 3.14. The predicted molar refractivity (Wildman–Crippen MR) is 94.6 cm³/mol. The topological polar surface area (TPSA) is 92.7 Å². The van der Waals surface area contributed by atoms with E-state index in [2.05, 4.69) is 20.3 Å². The van der Waals surface area contributed by atoms with Crippen LogP contribution in [0.15, 0.2) is 28.2 Å². The molecule has 0 aliphatic rings. The van der Waals surface area contributed by atoms with E-state index < -0.39 is 5.82 Å². The van der Waals surface area contributed by atoms with Gasteiger partial charge in [-0.15, -0.1) is 0 Å². The summed E-state index contributed by atoms with van der Waals surface area (Å²) >= 11 is 6.84. The number of benzene rings is 1. The van der Waals surface area contributed by atoms with Crippen LogP contribution in [0.5, 0.6) is 0 Å². The summed E-state index contributed by atoms with van der Waals surface area (Å²) in [6, 6.07) is 3.93. The van der Waals surface area contributed by atoms with Gasteiger partial charge < -0.3 is 14.9 Å².